The largest absolute Gasteiger partial charge is 0.495 e. The number of carbonyl (C=O) groups excluding carboxylic acids is 1. The van der Waals surface area contributed by atoms with Crippen molar-refractivity contribution in [3.8, 4) is 5.75 Å². The first-order chi connectivity index (χ1) is 15.7. The monoisotopic (exact) mass is 471 g/mol. The summed E-state index contributed by atoms with van der Waals surface area (Å²) in [5.74, 6) is 1.00. The topological polar surface area (TPSA) is 99.8 Å². The predicted octanol–water partition coefficient (Wildman–Crippen LogP) is 3.02. The summed E-state index contributed by atoms with van der Waals surface area (Å²) >= 11 is 2.66. The maximum Gasteiger partial charge on any atom is 0.272 e. The van der Waals surface area contributed by atoms with Gasteiger partial charge < -0.3 is 14.8 Å². The van der Waals surface area contributed by atoms with E-state index in [9.17, 15) is 9.59 Å². The van der Waals surface area contributed by atoms with Gasteiger partial charge in [0.15, 0.2) is 5.16 Å². The number of nitrogens with zero attached hydrogens (tertiary/aromatic N) is 4. The molecule has 4 aromatic rings. The molecule has 1 fully saturated rings. The fourth-order valence-electron chi connectivity index (χ4n) is 3.81. The molecule has 1 N–H and O–H groups in total. The maximum atomic E-state index is 13.1. The van der Waals surface area contributed by atoms with E-state index in [2.05, 4.69) is 15.5 Å². The molecule has 3 aromatic heterocycles. The van der Waals surface area contributed by atoms with Gasteiger partial charge >= 0.3 is 0 Å². The number of nitrogens with one attached hydrogen (secondary N) is 1. The zero-order valence-electron chi connectivity index (χ0n) is 17.3. The molecule has 1 saturated heterocycles. The minimum Gasteiger partial charge on any atom is -0.495 e. The summed E-state index contributed by atoms with van der Waals surface area (Å²) in [4.78, 5) is 25.6. The molecule has 166 valence electrons. The Hall–Kier alpha value is -2.89. The van der Waals surface area contributed by atoms with Crippen molar-refractivity contribution in [3.63, 3.8) is 0 Å². The summed E-state index contributed by atoms with van der Waals surface area (Å²) in [6.07, 6.45) is 1.90. The normalized spacial score (nSPS) is 16.1. The number of ether oxygens (including phenoxy) is 2. The molecular formula is C21H21N5O4S2. The third kappa shape index (κ3) is 3.87. The number of aromatic nitrogens is 4. The highest BCUT2D eigenvalue weighted by Gasteiger charge is 2.23. The standard InChI is InChI=1S/C21H21N5O4S2/c1-29-16-7-3-2-6-14(16)22-17(27)12-32-21-24-23-20-25(11-13-5-4-9-30-13)19(28)18-15(26(20)21)8-10-31-18/h2-3,6-8,10,13H,4-5,9,11-12H2,1H3,(H,22,27)/t13-/m0/s1. The minimum atomic E-state index is -0.189. The molecule has 0 spiro atoms. The van der Waals surface area contributed by atoms with Crippen LogP contribution < -0.4 is 15.6 Å². The summed E-state index contributed by atoms with van der Waals surface area (Å²) in [7, 11) is 1.56. The number of anilines is 1. The summed E-state index contributed by atoms with van der Waals surface area (Å²) < 4.78 is 15.1. The van der Waals surface area contributed by atoms with Gasteiger partial charge in [0.1, 0.15) is 10.4 Å². The van der Waals surface area contributed by atoms with Crippen molar-refractivity contribution in [3.05, 3.63) is 46.1 Å². The van der Waals surface area contributed by atoms with Gasteiger partial charge in [0.2, 0.25) is 11.7 Å². The van der Waals surface area contributed by atoms with Gasteiger partial charge in [0.25, 0.3) is 5.56 Å². The number of fused-ring (bicyclic) bond motifs is 3. The molecule has 1 aliphatic rings. The van der Waals surface area contributed by atoms with Crippen molar-refractivity contribution in [2.24, 2.45) is 0 Å². The van der Waals surface area contributed by atoms with E-state index in [1.54, 1.807) is 23.8 Å². The van der Waals surface area contributed by atoms with Crippen LogP contribution in [0.2, 0.25) is 0 Å². The summed E-state index contributed by atoms with van der Waals surface area (Å²) in [6.45, 7) is 1.15. The molecule has 1 aromatic carbocycles. The van der Waals surface area contributed by atoms with Gasteiger partial charge in [0.05, 0.1) is 36.7 Å². The number of thioether (sulfide) groups is 1. The van der Waals surface area contributed by atoms with E-state index >= 15 is 0 Å². The number of carbonyl (C=O) groups is 1. The fraction of sp³-hybridized carbons (Fsp3) is 0.333. The Kier molecular flexibility index (Phi) is 5.85. The van der Waals surface area contributed by atoms with Crippen LogP contribution in [0.25, 0.3) is 16.0 Å². The average Bonchev–Trinajstić information content (AvgIpc) is 3.56. The number of rotatable bonds is 7. The van der Waals surface area contributed by atoms with Gasteiger partial charge in [-0.15, -0.1) is 21.5 Å². The first-order valence-electron chi connectivity index (χ1n) is 10.2. The first-order valence-corrected chi connectivity index (χ1v) is 12.0. The van der Waals surface area contributed by atoms with Gasteiger partial charge in [-0.3, -0.25) is 18.6 Å². The zero-order valence-corrected chi connectivity index (χ0v) is 18.9. The highest BCUT2D eigenvalue weighted by molar-refractivity contribution is 7.99. The first kappa shape index (κ1) is 21.0. The third-order valence-corrected chi connectivity index (χ3v) is 7.13. The SMILES string of the molecule is COc1ccccc1NC(=O)CSc1nnc2n(C[C@@H]3CCCO3)c(=O)c3sccc3n12. The van der Waals surface area contributed by atoms with Crippen LogP contribution in [0.5, 0.6) is 5.75 Å². The Morgan fingerprint density at radius 2 is 2.22 bits per heavy atom. The van der Waals surface area contributed by atoms with E-state index in [0.29, 0.717) is 40.2 Å². The average molecular weight is 472 g/mol. The van der Waals surface area contributed by atoms with Crippen LogP contribution in [-0.2, 0) is 16.1 Å². The number of para-hydroxylation sites is 2. The van der Waals surface area contributed by atoms with Crippen molar-refractivity contribution in [2.75, 3.05) is 24.8 Å². The number of hydrogen-bond donors (Lipinski definition) is 1. The van der Waals surface area contributed by atoms with E-state index in [-0.39, 0.29) is 23.3 Å². The van der Waals surface area contributed by atoms with Crippen LogP contribution in [0.1, 0.15) is 12.8 Å². The van der Waals surface area contributed by atoms with E-state index in [4.69, 9.17) is 9.47 Å². The molecule has 1 aliphatic heterocycles. The van der Waals surface area contributed by atoms with E-state index in [0.717, 1.165) is 18.4 Å². The zero-order chi connectivity index (χ0) is 22.1. The number of hydrogen-bond acceptors (Lipinski definition) is 8. The van der Waals surface area contributed by atoms with Crippen LogP contribution in [-0.4, -0.2) is 50.6 Å². The molecule has 0 bridgehead atoms. The van der Waals surface area contributed by atoms with Gasteiger partial charge in [-0.25, -0.2) is 0 Å². The van der Waals surface area contributed by atoms with Crippen LogP contribution >= 0.6 is 23.1 Å². The van der Waals surface area contributed by atoms with Crippen LogP contribution in [0.3, 0.4) is 0 Å². The fourth-order valence-corrected chi connectivity index (χ4v) is 5.38. The second-order valence-corrected chi connectivity index (χ2v) is 9.20. The number of thiophene rings is 1. The lowest BCUT2D eigenvalue weighted by Gasteiger charge is -2.13. The van der Waals surface area contributed by atoms with E-state index in [1.807, 2.05) is 28.0 Å². The van der Waals surface area contributed by atoms with Crippen molar-refractivity contribution in [1.82, 2.24) is 19.2 Å². The lowest BCUT2D eigenvalue weighted by atomic mass is 10.2. The minimum absolute atomic E-state index is 0.00616. The van der Waals surface area contributed by atoms with E-state index in [1.165, 1.54) is 23.1 Å². The van der Waals surface area contributed by atoms with Crippen LogP contribution in [0.4, 0.5) is 5.69 Å². The number of amides is 1. The second-order valence-electron chi connectivity index (χ2n) is 7.34. The summed E-state index contributed by atoms with van der Waals surface area (Å²) in [5, 5.41) is 13.9. The maximum absolute atomic E-state index is 13.1. The van der Waals surface area contributed by atoms with Crippen molar-refractivity contribution < 1.29 is 14.3 Å². The molecule has 5 rings (SSSR count). The highest BCUT2D eigenvalue weighted by Crippen LogP contribution is 2.27. The smallest absolute Gasteiger partial charge is 0.272 e. The molecule has 0 saturated carbocycles. The van der Waals surface area contributed by atoms with E-state index < -0.39 is 0 Å². The molecule has 9 nitrogen and oxygen atoms in total. The van der Waals surface area contributed by atoms with Crippen LogP contribution in [0.15, 0.2) is 45.7 Å². The van der Waals surface area contributed by atoms with Crippen molar-refractivity contribution in [2.45, 2.75) is 30.6 Å². The molecule has 0 radical (unpaired) electrons. The molecule has 0 unspecified atom stereocenters. The summed E-state index contributed by atoms with van der Waals surface area (Å²) in [6, 6.07) is 9.13. The number of methoxy groups -OCH3 is 1. The Morgan fingerprint density at radius 3 is 3.03 bits per heavy atom. The molecule has 1 atom stereocenters. The quantitative estimate of drug-likeness (QED) is 0.414. The molecule has 1 amide bonds. The molecular weight excluding hydrogens is 450 g/mol. The Bertz CT molecular complexity index is 1340. The highest BCUT2D eigenvalue weighted by atomic mass is 32.2. The molecule has 4 heterocycles. The van der Waals surface area contributed by atoms with Gasteiger partial charge in [-0.1, -0.05) is 23.9 Å². The lowest BCUT2D eigenvalue weighted by Crippen LogP contribution is -2.28. The third-order valence-electron chi connectivity index (χ3n) is 5.31. The van der Waals surface area contributed by atoms with Crippen LogP contribution in [0, 0.1) is 0 Å². The Morgan fingerprint density at radius 1 is 1.34 bits per heavy atom. The second kappa shape index (κ2) is 8.93. The molecule has 32 heavy (non-hydrogen) atoms. The molecule has 0 aliphatic carbocycles. The Labute approximate surface area is 191 Å². The number of benzene rings is 1. The van der Waals surface area contributed by atoms with Crippen molar-refractivity contribution in [1.29, 1.82) is 0 Å². The van der Waals surface area contributed by atoms with Gasteiger partial charge in [0, 0.05) is 6.61 Å². The molecule has 11 heteroatoms. The van der Waals surface area contributed by atoms with Crippen molar-refractivity contribution >= 4 is 50.7 Å². The predicted molar refractivity (Wildman–Crippen MR) is 124 cm³/mol. The van der Waals surface area contributed by atoms with Gasteiger partial charge in [-0.2, -0.15) is 0 Å². The lowest BCUT2D eigenvalue weighted by molar-refractivity contribution is -0.113. The Balaban J connectivity index is 1.43. The summed E-state index contributed by atoms with van der Waals surface area (Å²) in [5.41, 5.74) is 1.27. The van der Waals surface area contributed by atoms with Gasteiger partial charge in [-0.05, 0) is 36.4 Å².